The van der Waals surface area contributed by atoms with Gasteiger partial charge in [0.2, 0.25) is 0 Å². The van der Waals surface area contributed by atoms with Crippen LogP contribution in [0.15, 0.2) is 18.2 Å². The second-order valence-electron chi connectivity index (χ2n) is 6.50. The quantitative estimate of drug-likeness (QED) is 0.887. The Kier molecular flexibility index (Phi) is 2.76. The summed E-state index contributed by atoms with van der Waals surface area (Å²) in [5.74, 6) is 0. The van der Waals surface area contributed by atoms with Gasteiger partial charge in [0.15, 0.2) is 0 Å². The summed E-state index contributed by atoms with van der Waals surface area (Å²) < 4.78 is 5.54. The van der Waals surface area contributed by atoms with Crippen LogP contribution in [0.5, 0.6) is 0 Å². The van der Waals surface area contributed by atoms with Gasteiger partial charge in [0, 0.05) is 5.41 Å². The van der Waals surface area contributed by atoms with Crippen LogP contribution in [0, 0.1) is 5.41 Å². The zero-order valence-electron chi connectivity index (χ0n) is 11.5. The Morgan fingerprint density at radius 3 is 2.56 bits per heavy atom. The van der Waals surface area contributed by atoms with E-state index in [2.05, 4.69) is 32.0 Å². The molecule has 1 aliphatic heterocycles. The number of ether oxygens (including phenoxy) is 1. The van der Waals surface area contributed by atoms with Crippen LogP contribution in [0.25, 0.3) is 0 Å². The van der Waals surface area contributed by atoms with Gasteiger partial charge in [-0.25, -0.2) is 0 Å². The SMILES string of the molecule is CC(C)(CN)C1(c2ccc3c(c2)CCC3)COC1. The van der Waals surface area contributed by atoms with Crippen LogP contribution in [0.4, 0.5) is 0 Å². The molecule has 18 heavy (non-hydrogen) atoms. The minimum Gasteiger partial charge on any atom is -0.379 e. The molecule has 2 nitrogen and oxygen atoms in total. The second kappa shape index (κ2) is 4.07. The van der Waals surface area contributed by atoms with Crippen LogP contribution in [0.1, 0.15) is 37.0 Å². The Balaban J connectivity index is 2.02. The highest BCUT2D eigenvalue weighted by Crippen LogP contribution is 2.47. The van der Waals surface area contributed by atoms with E-state index in [1.54, 1.807) is 11.1 Å². The van der Waals surface area contributed by atoms with Crippen molar-refractivity contribution in [3.63, 3.8) is 0 Å². The molecule has 1 aromatic rings. The maximum Gasteiger partial charge on any atom is 0.0591 e. The highest BCUT2D eigenvalue weighted by atomic mass is 16.5. The van der Waals surface area contributed by atoms with Gasteiger partial charge in [0.1, 0.15) is 0 Å². The van der Waals surface area contributed by atoms with Crippen molar-refractivity contribution in [3.8, 4) is 0 Å². The van der Waals surface area contributed by atoms with E-state index in [1.165, 1.54) is 24.8 Å². The molecule has 0 unspecified atom stereocenters. The Labute approximate surface area is 110 Å². The molecule has 1 heterocycles. The van der Waals surface area contributed by atoms with Gasteiger partial charge >= 0.3 is 0 Å². The molecule has 98 valence electrons. The third-order valence-corrected chi connectivity index (χ3v) is 5.15. The van der Waals surface area contributed by atoms with E-state index in [4.69, 9.17) is 10.5 Å². The van der Waals surface area contributed by atoms with Crippen LogP contribution < -0.4 is 5.73 Å². The van der Waals surface area contributed by atoms with E-state index in [0.29, 0.717) is 6.54 Å². The largest absolute Gasteiger partial charge is 0.379 e. The maximum atomic E-state index is 6.00. The summed E-state index contributed by atoms with van der Waals surface area (Å²) in [7, 11) is 0. The first kappa shape index (κ1) is 12.2. The first-order chi connectivity index (χ1) is 8.59. The molecular formula is C16H23NO. The standard InChI is InChI=1S/C16H23NO/c1-15(2,9-17)16(10-18-11-16)14-7-6-12-4-3-5-13(12)8-14/h6-8H,3-5,9-11,17H2,1-2H3. The summed E-state index contributed by atoms with van der Waals surface area (Å²) in [6.07, 6.45) is 3.80. The van der Waals surface area contributed by atoms with E-state index in [0.717, 1.165) is 13.2 Å². The fraction of sp³-hybridized carbons (Fsp3) is 0.625. The zero-order chi connectivity index (χ0) is 12.8. The predicted molar refractivity (Wildman–Crippen MR) is 73.8 cm³/mol. The second-order valence-corrected chi connectivity index (χ2v) is 6.50. The lowest BCUT2D eigenvalue weighted by atomic mass is 9.60. The lowest BCUT2D eigenvalue weighted by molar-refractivity contribution is -0.116. The molecule has 1 aliphatic carbocycles. The van der Waals surface area contributed by atoms with Crippen LogP contribution in [0.3, 0.4) is 0 Å². The Morgan fingerprint density at radius 2 is 1.94 bits per heavy atom. The molecule has 3 rings (SSSR count). The molecule has 0 spiro atoms. The van der Waals surface area contributed by atoms with Crippen molar-refractivity contribution in [2.24, 2.45) is 11.1 Å². The van der Waals surface area contributed by atoms with Gasteiger partial charge in [-0.3, -0.25) is 0 Å². The first-order valence-electron chi connectivity index (χ1n) is 6.99. The van der Waals surface area contributed by atoms with Gasteiger partial charge in [-0.1, -0.05) is 32.0 Å². The van der Waals surface area contributed by atoms with Crippen LogP contribution in [-0.2, 0) is 23.0 Å². The van der Waals surface area contributed by atoms with E-state index in [-0.39, 0.29) is 10.8 Å². The van der Waals surface area contributed by atoms with Gasteiger partial charge in [0.25, 0.3) is 0 Å². The highest BCUT2D eigenvalue weighted by molar-refractivity contribution is 5.41. The number of nitrogens with two attached hydrogens (primary N) is 1. The monoisotopic (exact) mass is 245 g/mol. The third kappa shape index (κ3) is 1.55. The minimum atomic E-state index is 0.0953. The molecule has 0 amide bonds. The number of rotatable bonds is 3. The molecule has 0 atom stereocenters. The van der Waals surface area contributed by atoms with Crippen molar-refractivity contribution < 1.29 is 4.74 Å². The lowest BCUT2D eigenvalue weighted by Crippen LogP contribution is -2.59. The van der Waals surface area contributed by atoms with Gasteiger partial charge in [0.05, 0.1) is 13.2 Å². The summed E-state index contributed by atoms with van der Waals surface area (Å²) in [6, 6.07) is 7.05. The van der Waals surface area contributed by atoms with Gasteiger partial charge in [-0.15, -0.1) is 0 Å². The Bertz CT molecular complexity index is 460. The molecule has 0 bridgehead atoms. The first-order valence-corrected chi connectivity index (χ1v) is 6.99. The van der Waals surface area contributed by atoms with Crippen LogP contribution in [0.2, 0.25) is 0 Å². The predicted octanol–water partition coefficient (Wildman–Crippen LogP) is 2.43. The van der Waals surface area contributed by atoms with Crippen LogP contribution >= 0.6 is 0 Å². The van der Waals surface area contributed by atoms with Crippen molar-refractivity contribution in [2.75, 3.05) is 19.8 Å². The minimum absolute atomic E-state index is 0.0953. The van der Waals surface area contributed by atoms with E-state index < -0.39 is 0 Å². The number of aryl methyl sites for hydroxylation is 2. The van der Waals surface area contributed by atoms with Gasteiger partial charge < -0.3 is 10.5 Å². The number of benzene rings is 1. The van der Waals surface area contributed by atoms with E-state index >= 15 is 0 Å². The topological polar surface area (TPSA) is 35.2 Å². The fourth-order valence-corrected chi connectivity index (χ4v) is 3.32. The molecule has 1 saturated heterocycles. The van der Waals surface area contributed by atoms with Crippen molar-refractivity contribution >= 4 is 0 Å². The summed E-state index contributed by atoms with van der Waals surface area (Å²) in [4.78, 5) is 0. The van der Waals surface area contributed by atoms with Crippen molar-refractivity contribution in [1.29, 1.82) is 0 Å². The molecule has 2 N–H and O–H groups in total. The zero-order valence-corrected chi connectivity index (χ0v) is 11.5. The molecule has 2 aliphatic rings. The lowest BCUT2D eigenvalue weighted by Gasteiger charge is -2.52. The molecule has 1 aromatic carbocycles. The maximum absolute atomic E-state index is 6.00. The summed E-state index contributed by atoms with van der Waals surface area (Å²) in [6.45, 7) is 6.87. The number of hydrogen-bond donors (Lipinski definition) is 1. The number of fused-ring (bicyclic) bond motifs is 1. The number of hydrogen-bond acceptors (Lipinski definition) is 2. The Hall–Kier alpha value is -0.860. The molecule has 2 heteroatoms. The van der Waals surface area contributed by atoms with E-state index in [9.17, 15) is 0 Å². The molecule has 1 fully saturated rings. The third-order valence-electron chi connectivity index (χ3n) is 5.15. The van der Waals surface area contributed by atoms with Gasteiger partial charge in [-0.2, -0.15) is 0 Å². The highest BCUT2D eigenvalue weighted by Gasteiger charge is 2.51. The van der Waals surface area contributed by atoms with Gasteiger partial charge in [-0.05, 0) is 47.9 Å². The van der Waals surface area contributed by atoms with Crippen molar-refractivity contribution in [1.82, 2.24) is 0 Å². The summed E-state index contributed by atoms with van der Waals surface area (Å²) >= 11 is 0. The van der Waals surface area contributed by atoms with Crippen molar-refractivity contribution in [3.05, 3.63) is 34.9 Å². The molecule has 0 aromatic heterocycles. The average Bonchev–Trinajstić information content (AvgIpc) is 2.74. The Morgan fingerprint density at radius 1 is 1.22 bits per heavy atom. The molecule has 0 saturated carbocycles. The van der Waals surface area contributed by atoms with E-state index in [1.807, 2.05) is 0 Å². The molecule has 0 radical (unpaired) electrons. The van der Waals surface area contributed by atoms with Crippen LogP contribution in [-0.4, -0.2) is 19.8 Å². The average molecular weight is 245 g/mol. The van der Waals surface area contributed by atoms with Crippen molar-refractivity contribution in [2.45, 2.75) is 38.5 Å². The molecular weight excluding hydrogens is 222 g/mol. The summed E-state index contributed by atoms with van der Waals surface area (Å²) in [5, 5.41) is 0. The summed E-state index contributed by atoms with van der Waals surface area (Å²) in [5.41, 5.74) is 10.7. The smallest absolute Gasteiger partial charge is 0.0591 e. The normalized spacial score (nSPS) is 21.5. The fourth-order valence-electron chi connectivity index (χ4n) is 3.32.